The van der Waals surface area contributed by atoms with E-state index >= 15 is 0 Å². The van der Waals surface area contributed by atoms with E-state index in [1.165, 1.54) is 23.5 Å². The van der Waals surface area contributed by atoms with Crippen LogP contribution in [0.25, 0.3) is 0 Å². The fraction of sp³-hybridized carbons (Fsp3) is 0.500. The van der Waals surface area contributed by atoms with E-state index < -0.39 is 10.0 Å². The molecule has 1 N–H and O–H groups in total. The van der Waals surface area contributed by atoms with Crippen molar-refractivity contribution in [2.45, 2.75) is 13.0 Å². The molecule has 0 fully saturated rings. The van der Waals surface area contributed by atoms with Gasteiger partial charge in [-0.3, -0.25) is 0 Å². The van der Waals surface area contributed by atoms with Crippen molar-refractivity contribution >= 4 is 10.0 Å². The first kappa shape index (κ1) is 15.1. The number of rotatable bonds is 7. The van der Waals surface area contributed by atoms with Crippen molar-refractivity contribution in [2.75, 3.05) is 26.4 Å². The second-order valence-corrected chi connectivity index (χ2v) is 6.35. The van der Waals surface area contributed by atoms with Gasteiger partial charge in [0.25, 0.3) is 0 Å². The number of hydrogen-bond donors (Lipinski definition) is 1. The molecule has 0 bridgehead atoms. The first-order chi connectivity index (χ1) is 8.45. The molecule has 18 heavy (non-hydrogen) atoms. The van der Waals surface area contributed by atoms with Gasteiger partial charge < -0.3 is 5.32 Å². The lowest BCUT2D eigenvalue weighted by molar-refractivity contribution is 0.464. The number of sulfonamides is 1. The molecule has 0 aliphatic rings. The van der Waals surface area contributed by atoms with Crippen LogP contribution in [0.3, 0.4) is 0 Å². The number of nitrogens with zero attached hydrogens (tertiary/aromatic N) is 1. The summed E-state index contributed by atoms with van der Waals surface area (Å²) in [5.41, 5.74) is 0.774. The molecule has 0 aliphatic carbocycles. The molecule has 0 saturated carbocycles. The van der Waals surface area contributed by atoms with E-state index in [0.29, 0.717) is 13.0 Å². The molecule has 4 nitrogen and oxygen atoms in total. The lowest BCUT2D eigenvalue weighted by atomic mass is 10.2. The van der Waals surface area contributed by atoms with Crippen LogP contribution in [-0.4, -0.2) is 39.1 Å². The molecule has 0 radical (unpaired) electrons. The monoisotopic (exact) mass is 274 g/mol. The van der Waals surface area contributed by atoms with Gasteiger partial charge in [-0.2, -0.15) is 0 Å². The summed E-state index contributed by atoms with van der Waals surface area (Å²) in [5.74, 6) is -0.204. The molecule has 1 rings (SSSR count). The summed E-state index contributed by atoms with van der Waals surface area (Å²) in [7, 11) is 0.0850. The van der Waals surface area contributed by atoms with Gasteiger partial charge in [-0.1, -0.05) is 12.1 Å². The minimum Gasteiger partial charge on any atom is -0.320 e. The molecule has 0 atom stereocenters. The maximum Gasteiger partial charge on any atom is 0.214 e. The van der Waals surface area contributed by atoms with Gasteiger partial charge in [0.1, 0.15) is 5.82 Å². The summed E-state index contributed by atoms with van der Waals surface area (Å²) in [4.78, 5) is 0. The highest BCUT2D eigenvalue weighted by atomic mass is 32.2. The first-order valence-corrected chi connectivity index (χ1v) is 7.39. The van der Waals surface area contributed by atoms with Gasteiger partial charge in [0, 0.05) is 13.6 Å². The van der Waals surface area contributed by atoms with Crippen LogP contribution >= 0.6 is 0 Å². The summed E-state index contributed by atoms with van der Waals surface area (Å²) in [6.45, 7) is 0.936. The first-order valence-electron chi connectivity index (χ1n) is 5.79. The number of benzene rings is 1. The van der Waals surface area contributed by atoms with Crippen LogP contribution in [0.4, 0.5) is 4.39 Å². The molecular formula is C12H19FN2O2S. The Kier molecular flexibility index (Phi) is 5.71. The molecule has 0 saturated heterocycles. The molecule has 6 heteroatoms. The average Bonchev–Trinajstić information content (AvgIpc) is 2.32. The second-order valence-electron chi connectivity index (χ2n) is 4.16. The van der Waals surface area contributed by atoms with Crippen molar-refractivity contribution in [3.63, 3.8) is 0 Å². The average molecular weight is 274 g/mol. The summed E-state index contributed by atoms with van der Waals surface area (Å²) < 4.78 is 37.8. The van der Waals surface area contributed by atoms with Gasteiger partial charge in [0.2, 0.25) is 10.0 Å². The van der Waals surface area contributed by atoms with Crippen molar-refractivity contribution < 1.29 is 12.8 Å². The zero-order chi connectivity index (χ0) is 13.6. The largest absolute Gasteiger partial charge is 0.320 e. The molecule has 0 heterocycles. The van der Waals surface area contributed by atoms with E-state index in [0.717, 1.165) is 5.56 Å². The third-order valence-corrected chi connectivity index (χ3v) is 4.51. The second kappa shape index (κ2) is 6.82. The Morgan fingerprint density at radius 1 is 1.28 bits per heavy atom. The highest BCUT2D eigenvalue weighted by Gasteiger charge is 2.17. The van der Waals surface area contributed by atoms with Crippen molar-refractivity contribution in [2.24, 2.45) is 0 Å². The maximum atomic E-state index is 12.7. The van der Waals surface area contributed by atoms with E-state index in [9.17, 15) is 12.8 Å². The predicted molar refractivity (Wildman–Crippen MR) is 70.2 cm³/mol. The van der Waals surface area contributed by atoms with Crippen molar-refractivity contribution in [1.82, 2.24) is 9.62 Å². The Bertz CT molecular complexity index is 459. The van der Waals surface area contributed by atoms with Crippen molar-refractivity contribution in [3.8, 4) is 0 Å². The smallest absolute Gasteiger partial charge is 0.214 e. The predicted octanol–water partition coefficient (Wildman–Crippen LogP) is 1.20. The van der Waals surface area contributed by atoms with E-state index in [2.05, 4.69) is 5.32 Å². The number of nitrogens with one attached hydrogen (secondary N) is 1. The van der Waals surface area contributed by atoms with Crippen LogP contribution in [0.5, 0.6) is 0 Å². The van der Waals surface area contributed by atoms with Crippen LogP contribution < -0.4 is 5.32 Å². The van der Waals surface area contributed by atoms with E-state index in [1.54, 1.807) is 19.2 Å². The highest BCUT2D eigenvalue weighted by Crippen LogP contribution is 2.09. The summed E-state index contributed by atoms with van der Waals surface area (Å²) in [5, 5.41) is 2.91. The third kappa shape index (κ3) is 4.72. The number of halogens is 1. The van der Waals surface area contributed by atoms with Crippen LogP contribution in [0, 0.1) is 5.82 Å². The quantitative estimate of drug-likeness (QED) is 0.760. The molecule has 0 unspecified atom stereocenters. The lowest BCUT2D eigenvalue weighted by Gasteiger charge is -2.17. The molecular weight excluding hydrogens is 255 g/mol. The Labute approximate surface area is 108 Å². The van der Waals surface area contributed by atoms with Gasteiger partial charge >= 0.3 is 0 Å². The maximum absolute atomic E-state index is 12.7. The minimum atomic E-state index is -3.24. The van der Waals surface area contributed by atoms with E-state index in [1.807, 2.05) is 0 Å². The standard InChI is InChI=1S/C12H19FN2O2S/c1-14-8-3-9-18(16,17)15(2)10-11-4-6-12(13)7-5-11/h4-7,14H,3,8-10H2,1-2H3. The van der Waals surface area contributed by atoms with Crippen LogP contribution in [0.1, 0.15) is 12.0 Å². The lowest BCUT2D eigenvalue weighted by Crippen LogP contribution is -2.29. The Morgan fingerprint density at radius 2 is 1.89 bits per heavy atom. The van der Waals surface area contributed by atoms with Crippen LogP contribution in [0.15, 0.2) is 24.3 Å². The van der Waals surface area contributed by atoms with Gasteiger partial charge in [-0.15, -0.1) is 0 Å². The van der Waals surface area contributed by atoms with Gasteiger partial charge in [0.05, 0.1) is 5.75 Å². The number of hydrogen-bond acceptors (Lipinski definition) is 3. The molecule has 102 valence electrons. The van der Waals surface area contributed by atoms with E-state index in [4.69, 9.17) is 0 Å². The molecule has 1 aromatic rings. The minimum absolute atomic E-state index is 0.117. The topological polar surface area (TPSA) is 49.4 Å². The summed E-state index contributed by atoms with van der Waals surface area (Å²) in [6.07, 6.45) is 0.576. The molecule has 0 spiro atoms. The Morgan fingerprint density at radius 3 is 2.44 bits per heavy atom. The van der Waals surface area contributed by atoms with Crippen molar-refractivity contribution in [1.29, 1.82) is 0 Å². The van der Waals surface area contributed by atoms with Gasteiger partial charge in [-0.05, 0) is 37.7 Å². The normalized spacial score (nSPS) is 12.0. The summed E-state index contributed by atoms with van der Waals surface area (Å²) in [6, 6.07) is 5.84. The third-order valence-electron chi connectivity index (χ3n) is 2.62. The van der Waals surface area contributed by atoms with Crippen LogP contribution in [0.2, 0.25) is 0 Å². The molecule has 0 aliphatic heterocycles. The Hall–Kier alpha value is -0.980. The zero-order valence-corrected chi connectivity index (χ0v) is 11.5. The highest BCUT2D eigenvalue weighted by molar-refractivity contribution is 7.89. The molecule has 1 aromatic carbocycles. The van der Waals surface area contributed by atoms with Gasteiger partial charge in [0.15, 0.2) is 0 Å². The fourth-order valence-corrected chi connectivity index (χ4v) is 2.70. The Balaban J connectivity index is 2.58. The zero-order valence-electron chi connectivity index (χ0n) is 10.7. The molecule has 0 aromatic heterocycles. The van der Waals surface area contributed by atoms with Crippen LogP contribution in [-0.2, 0) is 16.6 Å². The van der Waals surface area contributed by atoms with Gasteiger partial charge in [-0.25, -0.2) is 17.1 Å². The summed E-state index contributed by atoms with van der Waals surface area (Å²) >= 11 is 0. The SMILES string of the molecule is CNCCCS(=O)(=O)N(C)Cc1ccc(F)cc1. The van der Waals surface area contributed by atoms with Crippen molar-refractivity contribution in [3.05, 3.63) is 35.6 Å². The fourth-order valence-electron chi connectivity index (χ4n) is 1.53. The molecule has 0 amide bonds. The van der Waals surface area contributed by atoms with E-state index in [-0.39, 0.29) is 18.1 Å².